The smallest absolute Gasteiger partial charge is 0.262 e. The maximum absolute atomic E-state index is 12.9. The molecule has 0 aliphatic rings. The Bertz CT molecular complexity index is 1120. The highest BCUT2D eigenvalue weighted by Gasteiger charge is 2.15. The van der Waals surface area contributed by atoms with Gasteiger partial charge in [0.05, 0.1) is 4.90 Å². The van der Waals surface area contributed by atoms with Gasteiger partial charge in [0.25, 0.3) is 15.9 Å². The molecule has 8 heteroatoms. The van der Waals surface area contributed by atoms with E-state index >= 15 is 0 Å². The van der Waals surface area contributed by atoms with Crippen LogP contribution in [0.2, 0.25) is 0 Å². The summed E-state index contributed by atoms with van der Waals surface area (Å²) < 4.78 is 46.0. The second-order valence-electron chi connectivity index (χ2n) is 6.80. The van der Waals surface area contributed by atoms with E-state index in [1.807, 2.05) is 19.9 Å². The normalized spacial score (nSPS) is 11.0. The van der Waals surface area contributed by atoms with Crippen LogP contribution in [0.15, 0.2) is 71.6 Å². The lowest BCUT2D eigenvalue weighted by atomic mass is 10.1. The zero-order valence-corrected chi connectivity index (χ0v) is 17.3. The van der Waals surface area contributed by atoms with E-state index in [0.717, 1.165) is 11.1 Å². The van der Waals surface area contributed by atoms with Crippen molar-refractivity contribution in [3.63, 3.8) is 0 Å². The summed E-state index contributed by atoms with van der Waals surface area (Å²) in [6.45, 7) is 3.51. The first-order chi connectivity index (χ1) is 14.2. The van der Waals surface area contributed by atoms with E-state index in [-0.39, 0.29) is 11.5 Å². The van der Waals surface area contributed by atoms with Gasteiger partial charge in [0.1, 0.15) is 11.6 Å². The van der Waals surface area contributed by atoms with Gasteiger partial charge in [0, 0.05) is 11.4 Å². The second kappa shape index (κ2) is 8.96. The number of amides is 1. The van der Waals surface area contributed by atoms with Crippen molar-refractivity contribution >= 4 is 27.3 Å². The summed E-state index contributed by atoms with van der Waals surface area (Å²) in [7, 11) is -3.75. The molecular formula is C22H21FN2O4S. The van der Waals surface area contributed by atoms with Gasteiger partial charge >= 0.3 is 0 Å². The van der Waals surface area contributed by atoms with Gasteiger partial charge in [-0.15, -0.1) is 0 Å². The molecule has 156 valence electrons. The molecule has 0 unspecified atom stereocenters. The van der Waals surface area contributed by atoms with Crippen LogP contribution in [0.1, 0.15) is 11.1 Å². The van der Waals surface area contributed by atoms with Crippen LogP contribution in [0.3, 0.4) is 0 Å². The number of carbonyl (C=O) groups excluding carboxylic acids is 1. The van der Waals surface area contributed by atoms with Crippen LogP contribution in [0.25, 0.3) is 0 Å². The molecule has 0 radical (unpaired) electrons. The van der Waals surface area contributed by atoms with Gasteiger partial charge in [-0.05, 0) is 85.6 Å². The predicted molar refractivity (Wildman–Crippen MR) is 114 cm³/mol. The van der Waals surface area contributed by atoms with Crippen molar-refractivity contribution in [2.75, 3.05) is 16.6 Å². The summed E-state index contributed by atoms with van der Waals surface area (Å²) in [5, 5.41) is 2.57. The molecule has 0 saturated carbocycles. The van der Waals surface area contributed by atoms with Gasteiger partial charge in [-0.3, -0.25) is 9.52 Å². The van der Waals surface area contributed by atoms with Crippen LogP contribution < -0.4 is 14.8 Å². The number of sulfonamides is 1. The quantitative estimate of drug-likeness (QED) is 0.589. The van der Waals surface area contributed by atoms with Crippen LogP contribution >= 0.6 is 0 Å². The van der Waals surface area contributed by atoms with E-state index in [2.05, 4.69) is 10.0 Å². The van der Waals surface area contributed by atoms with Gasteiger partial charge in [0.2, 0.25) is 0 Å². The first-order valence-electron chi connectivity index (χ1n) is 9.11. The minimum Gasteiger partial charge on any atom is -0.484 e. The number of hydrogen-bond donors (Lipinski definition) is 2. The molecule has 3 aromatic carbocycles. The SMILES string of the molecule is Cc1cc(C)cc(NS(=O)(=O)c2ccc(OCC(=O)Nc3ccc(F)cc3)cc2)c1. The highest BCUT2D eigenvalue weighted by molar-refractivity contribution is 7.92. The zero-order chi connectivity index (χ0) is 21.7. The lowest BCUT2D eigenvalue weighted by Crippen LogP contribution is -2.20. The Balaban J connectivity index is 1.59. The van der Waals surface area contributed by atoms with Crippen molar-refractivity contribution in [1.29, 1.82) is 0 Å². The van der Waals surface area contributed by atoms with E-state index in [4.69, 9.17) is 4.74 Å². The third-order valence-electron chi connectivity index (χ3n) is 4.11. The molecule has 0 bridgehead atoms. The van der Waals surface area contributed by atoms with Gasteiger partial charge < -0.3 is 10.1 Å². The van der Waals surface area contributed by atoms with Crippen LogP contribution in [-0.4, -0.2) is 20.9 Å². The minimum absolute atomic E-state index is 0.0739. The largest absolute Gasteiger partial charge is 0.484 e. The van der Waals surface area contributed by atoms with Gasteiger partial charge in [-0.25, -0.2) is 12.8 Å². The molecule has 0 heterocycles. The molecule has 0 fully saturated rings. The summed E-state index contributed by atoms with van der Waals surface area (Å²) in [5.41, 5.74) is 2.85. The Hall–Kier alpha value is -3.39. The number of hydrogen-bond acceptors (Lipinski definition) is 4. The third-order valence-corrected chi connectivity index (χ3v) is 5.50. The summed E-state index contributed by atoms with van der Waals surface area (Å²) >= 11 is 0. The Morgan fingerprint density at radius 3 is 2.10 bits per heavy atom. The number of anilines is 2. The van der Waals surface area contributed by atoms with E-state index in [9.17, 15) is 17.6 Å². The molecule has 0 aliphatic carbocycles. The second-order valence-corrected chi connectivity index (χ2v) is 8.48. The molecule has 3 aromatic rings. The van der Waals surface area contributed by atoms with Crippen LogP contribution in [0.5, 0.6) is 5.75 Å². The zero-order valence-electron chi connectivity index (χ0n) is 16.5. The molecule has 0 aromatic heterocycles. The van der Waals surface area contributed by atoms with Crippen LogP contribution in [-0.2, 0) is 14.8 Å². The summed E-state index contributed by atoms with van der Waals surface area (Å²) in [6.07, 6.45) is 0. The molecule has 0 atom stereocenters. The molecule has 30 heavy (non-hydrogen) atoms. The fourth-order valence-corrected chi connectivity index (χ4v) is 3.88. The van der Waals surface area contributed by atoms with Crippen molar-refractivity contribution in [2.24, 2.45) is 0 Å². The Kier molecular flexibility index (Phi) is 6.37. The van der Waals surface area contributed by atoms with Crippen LogP contribution in [0, 0.1) is 19.7 Å². The molecule has 6 nitrogen and oxygen atoms in total. The standard InChI is InChI=1S/C22H21FN2O4S/c1-15-11-16(2)13-19(12-15)25-30(27,28)21-9-7-20(8-10-21)29-14-22(26)24-18-5-3-17(23)4-6-18/h3-13,25H,14H2,1-2H3,(H,24,26). The van der Waals surface area contributed by atoms with E-state index in [1.165, 1.54) is 48.5 Å². The number of nitrogens with one attached hydrogen (secondary N) is 2. The van der Waals surface area contributed by atoms with Crippen molar-refractivity contribution in [3.05, 3.63) is 83.7 Å². The summed E-state index contributed by atoms with van der Waals surface area (Å²) in [4.78, 5) is 12.0. The molecule has 0 aliphatic heterocycles. The average molecular weight is 428 g/mol. The lowest BCUT2D eigenvalue weighted by molar-refractivity contribution is -0.118. The highest BCUT2D eigenvalue weighted by Crippen LogP contribution is 2.21. The summed E-state index contributed by atoms with van der Waals surface area (Å²) in [5.74, 6) is -0.476. The van der Waals surface area contributed by atoms with Crippen molar-refractivity contribution in [3.8, 4) is 5.75 Å². The first-order valence-corrected chi connectivity index (χ1v) is 10.6. The third kappa shape index (κ3) is 5.81. The van der Waals surface area contributed by atoms with Crippen LogP contribution in [0.4, 0.5) is 15.8 Å². The fourth-order valence-electron chi connectivity index (χ4n) is 2.84. The van der Waals surface area contributed by atoms with E-state index in [0.29, 0.717) is 17.1 Å². The molecule has 0 spiro atoms. The van der Waals surface area contributed by atoms with E-state index < -0.39 is 21.7 Å². The topological polar surface area (TPSA) is 84.5 Å². The first kappa shape index (κ1) is 21.3. The van der Waals surface area contributed by atoms with Crippen molar-refractivity contribution < 1.29 is 22.3 Å². The maximum atomic E-state index is 12.9. The Morgan fingerprint density at radius 2 is 1.50 bits per heavy atom. The van der Waals surface area contributed by atoms with Crippen molar-refractivity contribution in [2.45, 2.75) is 18.7 Å². The maximum Gasteiger partial charge on any atom is 0.262 e. The number of ether oxygens (including phenoxy) is 1. The highest BCUT2D eigenvalue weighted by atomic mass is 32.2. The Labute approximate surface area is 174 Å². The minimum atomic E-state index is -3.75. The predicted octanol–water partition coefficient (Wildman–Crippen LogP) is 4.26. The molecule has 2 N–H and O–H groups in total. The molecular weight excluding hydrogens is 407 g/mol. The molecule has 0 saturated heterocycles. The summed E-state index contributed by atoms with van der Waals surface area (Å²) in [6, 6.07) is 16.6. The lowest BCUT2D eigenvalue weighted by Gasteiger charge is -2.11. The molecule has 3 rings (SSSR count). The average Bonchev–Trinajstić information content (AvgIpc) is 2.67. The number of rotatable bonds is 7. The number of benzene rings is 3. The number of carbonyl (C=O) groups is 1. The van der Waals surface area contributed by atoms with E-state index in [1.54, 1.807) is 12.1 Å². The Morgan fingerprint density at radius 1 is 0.900 bits per heavy atom. The van der Waals surface area contributed by atoms with Gasteiger partial charge in [-0.1, -0.05) is 6.07 Å². The fraction of sp³-hybridized carbons (Fsp3) is 0.136. The number of aryl methyl sites for hydroxylation is 2. The van der Waals surface area contributed by atoms with Gasteiger partial charge in [0.15, 0.2) is 6.61 Å². The number of halogens is 1. The van der Waals surface area contributed by atoms with Crippen molar-refractivity contribution in [1.82, 2.24) is 0 Å². The van der Waals surface area contributed by atoms with Gasteiger partial charge in [-0.2, -0.15) is 0 Å². The molecule has 1 amide bonds. The monoisotopic (exact) mass is 428 g/mol.